The molecule has 172 valence electrons. The SMILES string of the molecule is C[Si](C)=[Zr+2].Cc1cc2c(C(C)C)cc(C(C)C)cc2[cH-]1.Cc1cc2ccccc2[cH-]1.[Cl-].[Cl-]. The first-order valence-corrected chi connectivity index (χ1v) is 17.1. The van der Waals surface area contributed by atoms with E-state index in [1.54, 1.807) is 23.3 Å². The van der Waals surface area contributed by atoms with Crippen molar-refractivity contribution in [2.75, 3.05) is 0 Å². The third-order valence-corrected chi connectivity index (χ3v) is 5.07. The van der Waals surface area contributed by atoms with Crippen LogP contribution in [0, 0.1) is 13.8 Å². The van der Waals surface area contributed by atoms with Gasteiger partial charge in [-0.25, -0.2) is 0 Å². The molecule has 0 atom stereocenters. The minimum absolute atomic E-state index is 0. The monoisotopic (exact) mass is 560 g/mol. The fraction of sp³-hybridized carbons (Fsp3) is 0.357. The second-order valence-corrected chi connectivity index (χ2v) is 18.5. The average Bonchev–Trinajstić information content (AvgIpc) is 3.20. The normalized spacial score (nSPS) is 10.1. The Balaban J connectivity index is 0.000000518. The summed E-state index contributed by atoms with van der Waals surface area (Å²) < 4.78 is 0. The topological polar surface area (TPSA) is 0 Å². The Morgan fingerprint density at radius 1 is 0.750 bits per heavy atom. The molecule has 0 bridgehead atoms. The van der Waals surface area contributed by atoms with Gasteiger partial charge in [0.25, 0.3) is 0 Å². The summed E-state index contributed by atoms with van der Waals surface area (Å²) in [5.41, 5.74) is 5.89. The van der Waals surface area contributed by atoms with Gasteiger partial charge < -0.3 is 24.8 Å². The molecule has 0 unspecified atom stereocenters. The van der Waals surface area contributed by atoms with E-state index in [9.17, 15) is 0 Å². The Morgan fingerprint density at radius 3 is 1.81 bits per heavy atom. The van der Waals surface area contributed by atoms with Gasteiger partial charge in [0.1, 0.15) is 0 Å². The second kappa shape index (κ2) is 14.6. The van der Waals surface area contributed by atoms with Crippen LogP contribution in [-0.2, 0) is 23.3 Å². The molecule has 0 nitrogen and oxygen atoms in total. The molecule has 4 heteroatoms. The molecule has 0 aliphatic carbocycles. The van der Waals surface area contributed by atoms with Crippen molar-refractivity contribution in [3.63, 3.8) is 0 Å². The van der Waals surface area contributed by atoms with Crippen LogP contribution in [-0.4, -0.2) is 5.43 Å². The zero-order valence-electron chi connectivity index (χ0n) is 20.7. The Morgan fingerprint density at radius 2 is 1.28 bits per heavy atom. The number of benzene rings is 2. The Hall–Kier alpha value is -0.660. The smallest absolute Gasteiger partial charge is 0.0306 e. The van der Waals surface area contributed by atoms with E-state index in [-0.39, 0.29) is 30.2 Å². The van der Waals surface area contributed by atoms with Gasteiger partial charge in [-0.2, -0.15) is 12.1 Å². The summed E-state index contributed by atoms with van der Waals surface area (Å²) in [4.78, 5) is 0. The number of aryl methyl sites for hydroxylation is 2. The first kappa shape index (κ1) is 31.3. The zero-order valence-corrected chi connectivity index (χ0v) is 25.7. The van der Waals surface area contributed by atoms with Crippen LogP contribution in [0.15, 0.2) is 60.7 Å². The number of hydrogen-bond donors (Lipinski definition) is 0. The zero-order chi connectivity index (χ0) is 22.4. The van der Waals surface area contributed by atoms with E-state index in [2.05, 4.69) is 115 Å². The second-order valence-electron chi connectivity index (χ2n) is 9.12. The maximum Gasteiger partial charge on any atom is -0.0306 e. The molecule has 0 saturated heterocycles. The third kappa shape index (κ3) is 9.30. The van der Waals surface area contributed by atoms with Crippen LogP contribution in [0.1, 0.15) is 61.8 Å². The van der Waals surface area contributed by atoms with E-state index >= 15 is 0 Å². The molecule has 4 aromatic rings. The molecule has 0 heterocycles. The largest absolute Gasteiger partial charge is 1.00 e. The molecule has 0 aliphatic heterocycles. The summed E-state index contributed by atoms with van der Waals surface area (Å²) in [7, 11) is 0. The Bertz CT molecular complexity index is 1080. The van der Waals surface area contributed by atoms with Crippen molar-refractivity contribution in [3.8, 4) is 0 Å². The van der Waals surface area contributed by atoms with Crippen LogP contribution in [0.25, 0.3) is 21.5 Å². The number of hydrogen-bond acceptors (Lipinski definition) is 0. The molecule has 0 radical (unpaired) electrons. The molecule has 0 saturated carbocycles. The Kier molecular flexibility index (Phi) is 14.3. The molecule has 32 heavy (non-hydrogen) atoms. The number of fused-ring (bicyclic) bond motifs is 2. The quantitative estimate of drug-likeness (QED) is 0.261. The molecule has 0 aromatic heterocycles. The van der Waals surface area contributed by atoms with Gasteiger partial charge in [-0.3, -0.25) is 0 Å². The molecule has 0 spiro atoms. The van der Waals surface area contributed by atoms with E-state index in [4.69, 9.17) is 0 Å². The third-order valence-electron chi connectivity index (χ3n) is 5.07. The van der Waals surface area contributed by atoms with E-state index in [0.717, 1.165) is 0 Å². The van der Waals surface area contributed by atoms with Gasteiger partial charge in [0.05, 0.1) is 0 Å². The summed E-state index contributed by atoms with van der Waals surface area (Å²) in [5.74, 6) is 1.21. The van der Waals surface area contributed by atoms with Crippen LogP contribution in [0.5, 0.6) is 0 Å². The molecular weight excluding hydrogens is 527 g/mol. The molecule has 4 aromatic carbocycles. The maximum atomic E-state index is 2.39. The van der Waals surface area contributed by atoms with Crippen molar-refractivity contribution in [2.45, 2.75) is 66.5 Å². The van der Waals surface area contributed by atoms with E-state index in [0.29, 0.717) is 11.8 Å². The van der Waals surface area contributed by atoms with E-state index in [1.807, 2.05) is 0 Å². The summed E-state index contributed by atoms with van der Waals surface area (Å²) in [6, 6.07) is 22.2. The first-order valence-electron chi connectivity index (χ1n) is 10.9. The van der Waals surface area contributed by atoms with Gasteiger partial charge in [-0.15, -0.1) is 69.1 Å². The van der Waals surface area contributed by atoms with Crippen molar-refractivity contribution < 1.29 is 48.1 Å². The van der Waals surface area contributed by atoms with Crippen molar-refractivity contribution in [3.05, 3.63) is 82.9 Å². The van der Waals surface area contributed by atoms with Crippen molar-refractivity contribution in [1.29, 1.82) is 0 Å². The van der Waals surface area contributed by atoms with Crippen molar-refractivity contribution in [2.24, 2.45) is 0 Å². The van der Waals surface area contributed by atoms with Crippen LogP contribution >= 0.6 is 0 Å². The number of halogens is 2. The molecule has 0 N–H and O–H groups in total. The van der Waals surface area contributed by atoms with E-state index < -0.39 is 0 Å². The standard InChI is InChI=1S/C16H21.C10H9.C2H6Si.2ClH.Zr/c1-10(2)13-8-14-6-12(5)7-16(14)15(9-13)11(3)4;1-8-6-9-4-2-3-5-10(9)7-8;1-3-2;;;/h6-11H,1-5H3;2-7H,1H3;1-2H3;2*1H;/q2*-1;;;;+2/p-2. The fourth-order valence-electron chi connectivity index (χ4n) is 3.64. The molecule has 0 aliphatic rings. The summed E-state index contributed by atoms with van der Waals surface area (Å²) >= 11 is 1.74. The van der Waals surface area contributed by atoms with Gasteiger partial charge >= 0.3 is 41.9 Å². The number of rotatable bonds is 2. The van der Waals surface area contributed by atoms with Crippen molar-refractivity contribution in [1.82, 2.24) is 0 Å². The van der Waals surface area contributed by atoms with Crippen LogP contribution < -0.4 is 24.8 Å². The predicted octanol–water partition coefficient (Wildman–Crippen LogP) is 2.77. The fourth-order valence-corrected chi connectivity index (χ4v) is 3.64. The Labute approximate surface area is 223 Å². The molecule has 0 fully saturated rings. The van der Waals surface area contributed by atoms with Gasteiger partial charge in [0.2, 0.25) is 0 Å². The summed E-state index contributed by atoms with van der Waals surface area (Å²) in [5, 5.41) is 5.55. The first-order chi connectivity index (χ1) is 14.1. The van der Waals surface area contributed by atoms with E-state index in [1.165, 1.54) is 43.8 Å². The van der Waals surface area contributed by atoms with Crippen LogP contribution in [0.4, 0.5) is 0 Å². The minimum Gasteiger partial charge on any atom is -1.00 e. The molecular formula is C28H36Cl2SiZr-2. The average molecular weight is 563 g/mol. The predicted molar refractivity (Wildman–Crippen MR) is 134 cm³/mol. The van der Waals surface area contributed by atoms with Gasteiger partial charge in [-0.1, -0.05) is 64.8 Å². The van der Waals surface area contributed by atoms with Crippen LogP contribution in [0.3, 0.4) is 0 Å². The van der Waals surface area contributed by atoms with Crippen LogP contribution in [0.2, 0.25) is 13.1 Å². The molecule has 0 amide bonds. The van der Waals surface area contributed by atoms with Gasteiger partial charge in [0, 0.05) is 0 Å². The van der Waals surface area contributed by atoms with Gasteiger partial charge in [0.15, 0.2) is 0 Å². The summed E-state index contributed by atoms with van der Waals surface area (Å²) in [6.07, 6.45) is 0. The summed E-state index contributed by atoms with van der Waals surface area (Å²) in [6.45, 7) is 18.0. The van der Waals surface area contributed by atoms with Gasteiger partial charge in [-0.05, 0) is 11.8 Å². The molecule has 4 rings (SSSR count). The van der Waals surface area contributed by atoms with Crippen molar-refractivity contribution >= 4 is 27.0 Å². The maximum absolute atomic E-state index is 2.39. The minimum atomic E-state index is 0.